The number of aliphatic hydroxyl groups excluding tert-OH is 1. The molecule has 0 spiro atoms. The van der Waals surface area contributed by atoms with E-state index in [0.29, 0.717) is 30.8 Å². The van der Waals surface area contributed by atoms with E-state index in [0.717, 1.165) is 39.6 Å². The Morgan fingerprint density at radius 2 is 1.92 bits per heavy atom. The lowest BCUT2D eigenvalue weighted by Gasteiger charge is -2.18. The summed E-state index contributed by atoms with van der Waals surface area (Å²) in [7, 11) is 1.99. The molecule has 2 N–H and O–H groups in total. The normalized spacial score (nSPS) is 11.7. The predicted molar refractivity (Wildman–Crippen MR) is 142 cm³/mol. The van der Waals surface area contributed by atoms with Gasteiger partial charge in [-0.1, -0.05) is 55.5 Å². The summed E-state index contributed by atoms with van der Waals surface area (Å²) in [6.07, 6.45) is 3.69. The highest BCUT2D eigenvalue weighted by Crippen LogP contribution is 2.28. The third-order valence-corrected chi connectivity index (χ3v) is 6.23. The van der Waals surface area contributed by atoms with Gasteiger partial charge in [-0.3, -0.25) is 4.79 Å². The molecule has 0 fully saturated rings. The third kappa shape index (κ3) is 5.59. The van der Waals surface area contributed by atoms with Crippen molar-refractivity contribution in [3.8, 4) is 22.9 Å². The number of hydrogen-bond acceptors (Lipinski definition) is 4. The van der Waals surface area contributed by atoms with E-state index in [-0.39, 0.29) is 12.5 Å². The van der Waals surface area contributed by atoms with Crippen LogP contribution in [0.5, 0.6) is 5.75 Å². The number of nitrogens with zero attached hydrogens (tertiary/aromatic N) is 2. The zero-order valence-corrected chi connectivity index (χ0v) is 20.7. The van der Waals surface area contributed by atoms with Crippen molar-refractivity contribution in [3.63, 3.8) is 0 Å². The third-order valence-electron chi connectivity index (χ3n) is 6.23. The van der Waals surface area contributed by atoms with E-state index in [1.54, 1.807) is 0 Å². The lowest BCUT2D eigenvalue weighted by Crippen LogP contribution is -2.39. The molecule has 6 nitrogen and oxygen atoms in total. The van der Waals surface area contributed by atoms with E-state index in [1.165, 1.54) is 0 Å². The van der Waals surface area contributed by atoms with Crippen LogP contribution in [-0.2, 0) is 19.9 Å². The summed E-state index contributed by atoms with van der Waals surface area (Å²) in [5.74, 6) is 0.212. The Kier molecular flexibility index (Phi) is 8.04. The van der Waals surface area contributed by atoms with Gasteiger partial charge >= 0.3 is 0 Å². The molecule has 0 aliphatic heterocycles. The number of rotatable bonds is 10. The highest BCUT2D eigenvalue weighted by molar-refractivity contribution is 5.98. The molecule has 184 valence electrons. The number of nitrogens with one attached hydrogen (secondary N) is 1. The van der Waals surface area contributed by atoms with E-state index < -0.39 is 6.04 Å². The second-order valence-electron chi connectivity index (χ2n) is 8.93. The van der Waals surface area contributed by atoms with Crippen LogP contribution in [0.25, 0.3) is 22.0 Å². The minimum Gasteiger partial charge on any atom is -0.493 e. The van der Waals surface area contributed by atoms with Crippen molar-refractivity contribution in [2.75, 3.05) is 13.2 Å². The van der Waals surface area contributed by atoms with Gasteiger partial charge in [-0.2, -0.15) is 5.26 Å². The van der Waals surface area contributed by atoms with Gasteiger partial charge in [0.1, 0.15) is 5.75 Å². The van der Waals surface area contributed by atoms with Crippen LogP contribution >= 0.6 is 0 Å². The number of amides is 1. The maximum Gasteiger partial charge on any atom is 0.255 e. The van der Waals surface area contributed by atoms with Gasteiger partial charge < -0.3 is 19.7 Å². The van der Waals surface area contributed by atoms with E-state index >= 15 is 0 Å². The Bertz CT molecular complexity index is 1400. The smallest absolute Gasteiger partial charge is 0.255 e. The molecule has 36 heavy (non-hydrogen) atoms. The van der Waals surface area contributed by atoms with Gasteiger partial charge in [0.2, 0.25) is 0 Å². The van der Waals surface area contributed by atoms with Crippen molar-refractivity contribution in [1.29, 1.82) is 5.26 Å². The second-order valence-corrected chi connectivity index (χ2v) is 8.93. The molecule has 4 aromatic rings. The first-order valence-corrected chi connectivity index (χ1v) is 12.2. The van der Waals surface area contributed by atoms with Crippen LogP contribution in [0, 0.1) is 11.3 Å². The zero-order valence-electron chi connectivity index (χ0n) is 20.7. The molecular formula is C30H31N3O3. The van der Waals surface area contributed by atoms with Crippen LogP contribution in [0.2, 0.25) is 0 Å². The summed E-state index contributed by atoms with van der Waals surface area (Å²) < 4.78 is 7.94. The van der Waals surface area contributed by atoms with Gasteiger partial charge in [0.25, 0.3) is 5.91 Å². The average molecular weight is 482 g/mol. The predicted octanol–water partition coefficient (Wildman–Crippen LogP) is 5.03. The molecule has 3 aromatic carbocycles. The molecule has 0 radical (unpaired) electrons. The lowest BCUT2D eigenvalue weighted by atomic mass is 9.99. The van der Waals surface area contributed by atoms with Crippen molar-refractivity contribution < 1.29 is 14.6 Å². The number of hydrogen-bond donors (Lipinski definition) is 2. The summed E-state index contributed by atoms with van der Waals surface area (Å²) in [6, 6.07) is 23.1. The largest absolute Gasteiger partial charge is 0.493 e. The topological polar surface area (TPSA) is 87.3 Å². The van der Waals surface area contributed by atoms with Crippen LogP contribution in [0.15, 0.2) is 72.9 Å². The highest BCUT2D eigenvalue weighted by Gasteiger charge is 2.20. The van der Waals surface area contributed by atoms with Gasteiger partial charge in [0.15, 0.2) is 0 Å². The molecule has 0 aliphatic rings. The summed E-state index contributed by atoms with van der Waals surface area (Å²) in [4.78, 5) is 13.5. The molecule has 0 saturated carbocycles. The number of aryl methyl sites for hydroxylation is 1. The Hall–Kier alpha value is -4.08. The molecule has 1 heterocycles. The van der Waals surface area contributed by atoms with Gasteiger partial charge in [-0.15, -0.1) is 0 Å². The van der Waals surface area contributed by atoms with Crippen molar-refractivity contribution in [2.45, 2.75) is 32.2 Å². The minimum atomic E-state index is -0.454. The van der Waals surface area contributed by atoms with E-state index in [1.807, 2.05) is 74.8 Å². The Morgan fingerprint density at radius 3 is 2.69 bits per heavy atom. The number of aliphatic hydroxyl groups is 1. The molecule has 0 aliphatic carbocycles. The van der Waals surface area contributed by atoms with Crippen molar-refractivity contribution in [3.05, 3.63) is 89.6 Å². The fourth-order valence-electron chi connectivity index (χ4n) is 4.46. The van der Waals surface area contributed by atoms with E-state index in [9.17, 15) is 9.90 Å². The molecule has 4 rings (SSSR count). The molecule has 1 aromatic heterocycles. The summed E-state index contributed by atoms with van der Waals surface area (Å²) in [6.45, 7) is 2.33. The van der Waals surface area contributed by atoms with Gasteiger partial charge in [0.05, 0.1) is 37.3 Å². The van der Waals surface area contributed by atoms with Crippen molar-refractivity contribution in [2.24, 2.45) is 7.05 Å². The lowest BCUT2D eigenvalue weighted by molar-refractivity contribution is 0.0912. The Balaban J connectivity index is 1.61. The summed E-state index contributed by atoms with van der Waals surface area (Å²) >= 11 is 0. The number of benzene rings is 3. The van der Waals surface area contributed by atoms with Crippen LogP contribution in [0.3, 0.4) is 0 Å². The SMILES string of the molecule is CCCOc1ccc(-c2cccc(CC#N)c2)cc1C(=O)N[C@@H](CO)Cc1cn(C)c2ccccc12. The second kappa shape index (κ2) is 11.6. The van der Waals surface area contributed by atoms with Crippen LogP contribution in [0.1, 0.15) is 34.8 Å². The summed E-state index contributed by atoms with van der Waals surface area (Å²) in [5, 5.41) is 23.3. The molecular weight excluding hydrogens is 450 g/mol. The van der Waals surface area contributed by atoms with E-state index in [4.69, 9.17) is 10.00 Å². The number of carbonyl (C=O) groups is 1. The fraction of sp³-hybridized carbons (Fsp3) is 0.267. The fourth-order valence-corrected chi connectivity index (χ4v) is 4.46. The number of para-hydroxylation sites is 1. The van der Waals surface area contributed by atoms with Gasteiger partial charge in [0, 0.05) is 24.1 Å². The van der Waals surface area contributed by atoms with Crippen molar-refractivity contribution >= 4 is 16.8 Å². The van der Waals surface area contributed by atoms with Crippen molar-refractivity contribution in [1.82, 2.24) is 9.88 Å². The number of carbonyl (C=O) groups excluding carboxylic acids is 1. The quantitative estimate of drug-likeness (QED) is 0.332. The van der Waals surface area contributed by atoms with Crippen LogP contribution < -0.4 is 10.1 Å². The van der Waals surface area contributed by atoms with Crippen LogP contribution in [0.4, 0.5) is 0 Å². The van der Waals surface area contributed by atoms with Crippen LogP contribution in [-0.4, -0.2) is 34.8 Å². The number of ether oxygens (including phenoxy) is 1. The molecule has 0 unspecified atom stereocenters. The summed E-state index contributed by atoms with van der Waals surface area (Å²) in [5.41, 5.74) is 5.30. The first kappa shape index (κ1) is 25.0. The van der Waals surface area contributed by atoms with Gasteiger partial charge in [-0.05, 0) is 53.3 Å². The number of fused-ring (bicyclic) bond motifs is 1. The maximum absolute atomic E-state index is 13.5. The first-order valence-electron chi connectivity index (χ1n) is 12.2. The molecule has 1 atom stereocenters. The Labute approximate surface area is 211 Å². The highest BCUT2D eigenvalue weighted by atomic mass is 16.5. The molecule has 0 bridgehead atoms. The minimum absolute atomic E-state index is 0.185. The molecule has 6 heteroatoms. The van der Waals surface area contributed by atoms with Gasteiger partial charge in [-0.25, -0.2) is 0 Å². The number of aromatic nitrogens is 1. The zero-order chi connectivity index (χ0) is 25.5. The first-order chi connectivity index (χ1) is 17.5. The Morgan fingerprint density at radius 1 is 1.11 bits per heavy atom. The van der Waals surface area contributed by atoms with E-state index in [2.05, 4.69) is 28.1 Å². The standard InChI is InChI=1S/C30H31N3O3/c1-3-15-36-29-12-11-23(22-8-6-7-21(16-22)13-14-31)18-27(29)30(35)32-25(20-34)17-24-19-33(2)28-10-5-4-9-26(24)28/h4-12,16,18-19,25,34H,3,13,15,17,20H2,1-2H3,(H,32,35)/t25-/m1/s1. The number of nitriles is 1. The monoisotopic (exact) mass is 481 g/mol. The molecule has 1 amide bonds. The molecule has 0 saturated heterocycles. The average Bonchev–Trinajstić information content (AvgIpc) is 3.22. The maximum atomic E-state index is 13.5.